The molecule has 0 atom stereocenters. The van der Waals surface area contributed by atoms with E-state index in [1.165, 1.54) is 0 Å². The van der Waals surface area contributed by atoms with Crippen molar-refractivity contribution in [2.45, 2.75) is 5.66 Å². The minimum atomic E-state index is -3.81. The Morgan fingerprint density at radius 1 is 1.33 bits per heavy atom. The molecule has 0 aromatic carbocycles. The molecule has 1 fully saturated rings. The fourth-order valence-electron chi connectivity index (χ4n) is 1.29. The van der Waals surface area contributed by atoms with Gasteiger partial charge in [-0.15, -0.1) is 0 Å². The number of carbonyl (C=O) groups excluding carboxylic acids is 1. The monoisotopic (exact) mass is 283 g/mol. The Morgan fingerprint density at radius 2 is 1.78 bits per heavy atom. The molecule has 102 valence electrons. The number of hydrogen-bond acceptors (Lipinski definition) is 8. The fraction of sp³-hybridized carbons (Fsp3) is 0.833. The second-order valence-corrected chi connectivity index (χ2v) is 5.36. The Kier molecular flexibility index (Phi) is 3.52. The molecule has 0 radical (unpaired) electrons. The van der Waals surface area contributed by atoms with E-state index in [4.69, 9.17) is 0 Å². The van der Waals surface area contributed by atoms with E-state index in [2.05, 4.69) is 4.18 Å². The lowest BCUT2D eigenvalue weighted by molar-refractivity contribution is -0.809. The van der Waals surface area contributed by atoms with E-state index < -0.39 is 51.2 Å². The number of amides is 1. The van der Waals surface area contributed by atoms with Crippen molar-refractivity contribution in [1.82, 2.24) is 4.90 Å². The summed E-state index contributed by atoms with van der Waals surface area (Å²) in [5, 5.41) is 21.1. The lowest BCUT2D eigenvalue weighted by Crippen LogP contribution is -2.71. The van der Waals surface area contributed by atoms with Gasteiger partial charge in [-0.1, -0.05) is 0 Å². The fourth-order valence-corrected chi connectivity index (χ4v) is 1.60. The van der Waals surface area contributed by atoms with E-state index in [0.717, 1.165) is 11.2 Å². The first-order valence-electron chi connectivity index (χ1n) is 4.50. The quantitative estimate of drug-likeness (QED) is 0.244. The van der Waals surface area contributed by atoms with Gasteiger partial charge < -0.3 is 4.90 Å². The maximum Gasteiger partial charge on any atom is 0.492 e. The molecular formula is C6H9N3O8S. The van der Waals surface area contributed by atoms with Crippen molar-refractivity contribution < 1.29 is 27.2 Å². The third kappa shape index (κ3) is 2.70. The SMILES string of the molecule is CS(=O)(=O)OCC(=O)N1CC([N+](=O)[O-])([N+](=O)[O-])C1. The van der Waals surface area contributed by atoms with Crippen LogP contribution in [0.5, 0.6) is 0 Å². The molecular weight excluding hydrogens is 274 g/mol. The molecule has 0 bridgehead atoms. The summed E-state index contributed by atoms with van der Waals surface area (Å²) < 4.78 is 25.4. The Bertz CT molecular complexity index is 477. The molecule has 1 saturated heterocycles. The van der Waals surface area contributed by atoms with Crippen LogP contribution < -0.4 is 0 Å². The summed E-state index contributed by atoms with van der Waals surface area (Å²) in [5.41, 5.74) is -2.40. The smallest absolute Gasteiger partial charge is 0.312 e. The highest BCUT2D eigenvalue weighted by Crippen LogP contribution is 2.25. The van der Waals surface area contributed by atoms with Gasteiger partial charge in [-0.05, 0) is 0 Å². The lowest BCUT2D eigenvalue weighted by Gasteiger charge is -2.35. The Hall–Kier alpha value is -1.82. The van der Waals surface area contributed by atoms with Gasteiger partial charge >= 0.3 is 5.66 Å². The molecule has 12 heteroatoms. The summed E-state index contributed by atoms with van der Waals surface area (Å²) in [4.78, 5) is 31.0. The summed E-state index contributed by atoms with van der Waals surface area (Å²) in [7, 11) is -3.81. The molecule has 0 aliphatic carbocycles. The van der Waals surface area contributed by atoms with Gasteiger partial charge in [0.15, 0.2) is 13.1 Å². The maximum absolute atomic E-state index is 11.3. The molecule has 1 amide bonds. The van der Waals surface area contributed by atoms with Gasteiger partial charge in [0.05, 0.1) is 6.26 Å². The van der Waals surface area contributed by atoms with E-state index in [1.807, 2.05) is 0 Å². The van der Waals surface area contributed by atoms with Crippen molar-refractivity contribution in [2.24, 2.45) is 0 Å². The molecule has 1 aliphatic heterocycles. The normalized spacial score (nSPS) is 17.9. The Balaban J connectivity index is 2.58. The Morgan fingerprint density at radius 3 is 2.11 bits per heavy atom. The topological polar surface area (TPSA) is 150 Å². The van der Waals surface area contributed by atoms with E-state index in [-0.39, 0.29) is 0 Å². The summed E-state index contributed by atoms with van der Waals surface area (Å²) >= 11 is 0. The third-order valence-electron chi connectivity index (χ3n) is 2.32. The summed E-state index contributed by atoms with van der Waals surface area (Å²) in [5.74, 6) is -0.861. The molecule has 0 aromatic rings. The molecule has 0 saturated carbocycles. The van der Waals surface area contributed by atoms with Crippen LogP contribution in [0.25, 0.3) is 0 Å². The zero-order valence-corrected chi connectivity index (χ0v) is 9.95. The van der Waals surface area contributed by atoms with Crippen LogP contribution in [0.2, 0.25) is 0 Å². The summed E-state index contributed by atoms with van der Waals surface area (Å²) in [6.45, 7) is -2.25. The van der Waals surface area contributed by atoms with Crippen LogP contribution in [0.15, 0.2) is 0 Å². The van der Waals surface area contributed by atoms with Crippen LogP contribution in [0.4, 0.5) is 0 Å². The maximum atomic E-state index is 11.3. The molecule has 1 aliphatic rings. The second kappa shape index (κ2) is 4.45. The van der Waals surface area contributed by atoms with Crippen molar-refractivity contribution in [2.75, 3.05) is 26.0 Å². The minimum Gasteiger partial charge on any atom is -0.312 e. The highest BCUT2D eigenvalue weighted by molar-refractivity contribution is 7.86. The molecule has 11 nitrogen and oxygen atoms in total. The number of nitrogens with zero attached hydrogens (tertiary/aromatic N) is 3. The van der Waals surface area contributed by atoms with E-state index in [1.54, 1.807) is 0 Å². The van der Waals surface area contributed by atoms with Gasteiger partial charge in [0.25, 0.3) is 16.0 Å². The number of carbonyl (C=O) groups is 1. The highest BCUT2D eigenvalue weighted by Gasteiger charge is 2.67. The van der Waals surface area contributed by atoms with E-state index in [0.29, 0.717) is 0 Å². The average molecular weight is 283 g/mol. The van der Waals surface area contributed by atoms with Gasteiger partial charge in [-0.2, -0.15) is 8.42 Å². The van der Waals surface area contributed by atoms with Crippen LogP contribution >= 0.6 is 0 Å². The predicted molar refractivity (Wildman–Crippen MR) is 54.1 cm³/mol. The highest BCUT2D eigenvalue weighted by atomic mass is 32.2. The first-order chi connectivity index (χ1) is 8.08. The van der Waals surface area contributed by atoms with Gasteiger partial charge in [0, 0.05) is 0 Å². The van der Waals surface area contributed by atoms with Crippen molar-refractivity contribution in [1.29, 1.82) is 0 Å². The lowest BCUT2D eigenvalue weighted by atomic mass is 10.0. The van der Waals surface area contributed by atoms with Crippen LogP contribution in [0, 0.1) is 20.2 Å². The number of nitro groups is 2. The van der Waals surface area contributed by atoms with Crippen LogP contribution in [-0.2, 0) is 19.1 Å². The van der Waals surface area contributed by atoms with Crippen LogP contribution in [0.1, 0.15) is 0 Å². The molecule has 0 aromatic heterocycles. The zero-order chi connectivity index (χ0) is 14.1. The van der Waals surface area contributed by atoms with Crippen molar-refractivity contribution >= 4 is 16.0 Å². The van der Waals surface area contributed by atoms with Gasteiger partial charge in [0.1, 0.15) is 16.5 Å². The average Bonchev–Trinajstić information content (AvgIpc) is 2.10. The predicted octanol–water partition coefficient (Wildman–Crippen LogP) is -1.95. The summed E-state index contributed by atoms with van der Waals surface area (Å²) in [6, 6.07) is 0. The van der Waals surface area contributed by atoms with Gasteiger partial charge in [-0.3, -0.25) is 29.2 Å². The second-order valence-electron chi connectivity index (χ2n) is 3.71. The van der Waals surface area contributed by atoms with Crippen molar-refractivity contribution in [3.8, 4) is 0 Å². The minimum absolute atomic E-state index is 0.709. The molecule has 0 spiro atoms. The molecule has 0 N–H and O–H groups in total. The molecule has 18 heavy (non-hydrogen) atoms. The molecule has 1 rings (SSSR count). The Labute approximate surface area is 101 Å². The largest absolute Gasteiger partial charge is 0.492 e. The van der Waals surface area contributed by atoms with Crippen LogP contribution in [-0.4, -0.2) is 60.7 Å². The van der Waals surface area contributed by atoms with Crippen molar-refractivity contribution in [3.05, 3.63) is 20.2 Å². The number of hydrogen-bond donors (Lipinski definition) is 0. The first kappa shape index (κ1) is 14.2. The first-order valence-corrected chi connectivity index (χ1v) is 6.31. The number of rotatable bonds is 5. The van der Waals surface area contributed by atoms with Crippen LogP contribution in [0.3, 0.4) is 0 Å². The standard InChI is InChI=1S/C6H9N3O8S/c1-18(15,16)17-2-5(10)7-3-6(4-7,8(11)12)9(13)14/h2-4H2,1H3. The summed E-state index contributed by atoms with van der Waals surface area (Å²) in [6.07, 6.45) is 0.731. The molecule has 0 unspecified atom stereocenters. The third-order valence-corrected chi connectivity index (χ3v) is 2.86. The molecule has 1 heterocycles. The van der Waals surface area contributed by atoms with Gasteiger partial charge in [-0.25, -0.2) is 0 Å². The zero-order valence-electron chi connectivity index (χ0n) is 9.14. The van der Waals surface area contributed by atoms with Gasteiger partial charge in [0.2, 0.25) is 0 Å². The van der Waals surface area contributed by atoms with E-state index >= 15 is 0 Å². The van der Waals surface area contributed by atoms with Crippen molar-refractivity contribution in [3.63, 3.8) is 0 Å². The number of likely N-dealkylation sites (tertiary alicyclic amines) is 1. The van der Waals surface area contributed by atoms with E-state index in [9.17, 15) is 33.4 Å².